The fourth-order valence-electron chi connectivity index (χ4n) is 4.08. The summed E-state index contributed by atoms with van der Waals surface area (Å²) in [7, 11) is 0. The number of aromatic nitrogens is 1. The lowest BCUT2D eigenvalue weighted by atomic mass is 9.99. The Labute approximate surface area is 161 Å². The van der Waals surface area contributed by atoms with Crippen LogP contribution in [-0.4, -0.2) is 30.1 Å². The number of fused-ring (bicyclic) bond motifs is 1. The number of urea groups is 1. The summed E-state index contributed by atoms with van der Waals surface area (Å²) in [6.45, 7) is 7.06. The molecule has 1 unspecified atom stereocenters. The Hall–Kier alpha value is -2.56. The van der Waals surface area contributed by atoms with E-state index in [1.54, 1.807) is 0 Å². The van der Waals surface area contributed by atoms with Gasteiger partial charge in [0.1, 0.15) is 5.82 Å². The van der Waals surface area contributed by atoms with Gasteiger partial charge in [-0.3, -0.25) is 4.90 Å². The van der Waals surface area contributed by atoms with Crippen molar-refractivity contribution in [3.05, 3.63) is 53.7 Å². The van der Waals surface area contributed by atoms with Crippen molar-refractivity contribution in [1.82, 2.24) is 10.3 Å². The summed E-state index contributed by atoms with van der Waals surface area (Å²) >= 11 is 0. The van der Waals surface area contributed by atoms with E-state index in [2.05, 4.69) is 47.2 Å². The van der Waals surface area contributed by atoms with Crippen LogP contribution in [0, 0.1) is 5.92 Å². The summed E-state index contributed by atoms with van der Waals surface area (Å²) in [4.78, 5) is 21.6. The molecule has 5 nitrogen and oxygen atoms in total. The Morgan fingerprint density at radius 1 is 1.15 bits per heavy atom. The third-order valence-electron chi connectivity index (χ3n) is 5.79. The molecule has 2 aromatic rings. The summed E-state index contributed by atoms with van der Waals surface area (Å²) < 4.78 is 0. The highest BCUT2D eigenvalue weighted by Gasteiger charge is 2.30. The minimum Gasteiger partial charge on any atom is -0.357 e. The van der Waals surface area contributed by atoms with Gasteiger partial charge in [-0.1, -0.05) is 31.2 Å². The first-order valence-electron chi connectivity index (χ1n) is 9.96. The molecule has 0 spiro atoms. The van der Waals surface area contributed by atoms with Gasteiger partial charge in [0, 0.05) is 37.6 Å². The third kappa shape index (κ3) is 3.77. The number of nitrogens with zero attached hydrogens (tertiary/aromatic N) is 3. The summed E-state index contributed by atoms with van der Waals surface area (Å²) in [5, 5.41) is 3.05. The molecule has 0 aliphatic carbocycles. The predicted octanol–water partition coefficient (Wildman–Crippen LogP) is 3.98. The average molecular weight is 364 g/mol. The first-order chi connectivity index (χ1) is 13.1. The third-order valence-corrected chi connectivity index (χ3v) is 5.79. The van der Waals surface area contributed by atoms with Crippen molar-refractivity contribution >= 4 is 17.5 Å². The van der Waals surface area contributed by atoms with Gasteiger partial charge in [0.05, 0.1) is 0 Å². The number of hydrogen-bond acceptors (Lipinski definition) is 3. The maximum absolute atomic E-state index is 12.7. The van der Waals surface area contributed by atoms with Gasteiger partial charge in [-0.25, -0.2) is 9.78 Å². The van der Waals surface area contributed by atoms with Crippen molar-refractivity contribution in [3.63, 3.8) is 0 Å². The first kappa shape index (κ1) is 17.8. The standard InChI is InChI=1S/C22H28N4O/c1-16-9-11-25(12-10-16)21-8-7-18(14-23-21)15-24-22(27)26-17(2)13-19-5-3-4-6-20(19)26/h3-8,14,16-17H,9-13,15H2,1-2H3,(H,24,27). The lowest BCUT2D eigenvalue weighted by Crippen LogP contribution is -2.43. The normalized spacial score (nSPS) is 19.9. The zero-order valence-corrected chi connectivity index (χ0v) is 16.2. The molecule has 0 radical (unpaired) electrons. The number of pyridine rings is 1. The molecule has 1 aromatic heterocycles. The zero-order valence-electron chi connectivity index (χ0n) is 16.2. The zero-order chi connectivity index (χ0) is 18.8. The molecular formula is C22H28N4O. The highest BCUT2D eigenvalue weighted by molar-refractivity contribution is 5.94. The second-order valence-electron chi connectivity index (χ2n) is 7.90. The smallest absolute Gasteiger partial charge is 0.322 e. The number of nitrogens with one attached hydrogen (secondary N) is 1. The lowest BCUT2D eigenvalue weighted by Gasteiger charge is -2.31. The predicted molar refractivity (Wildman–Crippen MR) is 109 cm³/mol. The van der Waals surface area contributed by atoms with Gasteiger partial charge in [0.2, 0.25) is 0 Å². The number of rotatable bonds is 3. The van der Waals surface area contributed by atoms with Crippen LogP contribution in [0.1, 0.15) is 37.8 Å². The minimum absolute atomic E-state index is 0.0402. The maximum Gasteiger partial charge on any atom is 0.322 e. The van der Waals surface area contributed by atoms with Crippen molar-refractivity contribution in [1.29, 1.82) is 0 Å². The maximum atomic E-state index is 12.7. The van der Waals surface area contributed by atoms with E-state index in [-0.39, 0.29) is 12.1 Å². The highest BCUT2D eigenvalue weighted by Crippen LogP contribution is 2.31. The van der Waals surface area contributed by atoms with Gasteiger partial charge in [0.15, 0.2) is 0 Å². The van der Waals surface area contributed by atoms with Gasteiger partial charge in [-0.05, 0) is 55.4 Å². The summed E-state index contributed by atoms with van der Waals surface area (Å²) in [6.07, 6.45) is 5.26. The first-order valence-corrected chi connectivity index (χ1v) is 9.96. The summed E-state index contributed by atoms with van der Waals surface area (Å²) in [5.41, 5.74) is 3.29. The quantitative estimate of drug-likeness (QED) is 0.896. The lowest BCUT2D eigenvalue weighted by molar-refractivity contribution is 0.244. The molecule has 2 aliphatic rings. The molecule has 4 rings (SSSR count). The largest absolute Gasteiger partial charge is 0.357 e. The molecule has 1 N–H and O–H groups in total. The van der Waals surface area contributed by atoms with E-state index >= 15 is 0 Å². The number of carbonyl (C=O) groups excluding carboxylic acids is 1. The van der Waals surface area contributed by atoms with Crippen LogP contribution in [0.25, 0.3) is 0 Å². The van der Waals surface area contributed by atoms with E-state index in [0.29, 0.717) is 6.54 Å². The minimum atomic E-state index is -0.0402. The Morgan fingerprint density at radius 3 is 2.67 bits per heavy atom. The average Bonchev–Trinajstić information content (AvgIpc) is 3.03. The molecule has 0 bridgehead atoms. The molecular weight excluding hydrogens is 336 g/mol. The van der Waals surface area contributed by atoms with Crippen LogP contribution in [-0.2, 0) is 13.0 Å². The van der Waals surface area contributed by atoms with E-state index in [0.717, 1.165) is 42.5 Å². The van der Waals surface area contributed by atoms with Crippen LogP contribution in [0.3, 0.4) is 0 Å². The molecule has 1 saturated heterocycles. The van der Waals surface area contributed by atoms with Crippen LogP contribution in [0.2, 0.25) is 0 Å². The molecule has 2 amide bonds. The van der Waals surface area contributed by atoms with Crippen LogP contribution in [0.15, 0.2) is 42.6 Å². The Kier molecular flexibility index (Phi) is 5.01. The fourth-order valence-corrected chi connectivity index (χ4v) is 4.08. The van der Waals surface area contributed by atoms with E-state index in [9.17, 15) is 4.79 Å². The van der Waals surface area contributed by atoms with Gasteiger partial charge >= 0.3 is 6.03 Å². The molecule has 142 valence electrons. The molecule has 3 heterocycles. The van der Waals surface area contributed by atoms with Crippen LogP contribution < -0.4 is 15.1 Å². The summed E-state index contributed by atoms with van der Waals surface area (Å²) in [6, 6.07) is 12.4. The number of para-hydroxylation sites is 1. The number of piperidine rings is 1. The SMILES string of the molecule is CC1CCN(c2ccc(CNC(=O)N3c4ccccc4CC3C)cn2)CC1. The van der Waals surface area contributed by atoms with Crippen molar-refractivity contribution in [2.45, 2.75) is 45.7 Å². The molecule has 2 aliphatic heterocycles. The molecule has 0 saturated carbocycles. The Bertz CT molecular complexity index is 796. The van der Waals surface area contributed by atoms with Crippen molar-refractivity contribution < 1.29 is 4.79 Å². The fraction of sp³-hybridized carbons (Fsp3) is 0.455. The van der Waals surface area contributed by atoms with E-state index < -0.39 is 0 Å². The van der Waals surface area contributed by atoms with Gasteiger partial charge in [0.25, 0.3) is 0 Å². The van der Waals surface area contributed by atoms with E-state index in [1.807, 2.05) is 29.3 Å². The highest BCUT2D eigenvalue weighted by atomic mass is 16.2. The van der Waals surface area contributed by atoms with E-state index in [1.165, 1.54) is 18.4 Å². The van der Waals surface area contributed by atoms with Crippen molar-refractivity contribution in [2.24, 2.45) is 5.92 Å². The van der Waals surface area contributed by atoms with Gasteiger partial charge < -0.3 is 10.2 Å². The summed E-state index contributed by atoms with van der Waals surface area (Å²) in [5.74, 6) is 1.85. The molecule has 1 atom stereocenters. The Morgan fingerprint density at radius 2 is 1.93 bits per heavy atom. The topological polar surface area (TPSA) is 48.5 Å². The number of carbonyl (C=O) groups is 1. The van der Waals surface area contributed by atoms with Crippen molar-refractivity contribution in [3.8, 4) is 0 Å². The molecule has 27 heavy (non-hydrogen) atoms. The van der Waals surface area contributed by atoms with Crippen LogP contribution >= 0.6 is 0 Å². The molecule has 1 fully saturated rings. The Balaban J connectivity index is 1.36. The number of benzene rings is 1. The molecule has 5 heteroatoms. The van der Waals surface area contributed by atoms with Crippen LogP contribution in [0.4, 0.5) is 16.3 Å². The second-order valence-corrected chi connectivity index (χ2v) is 7.90. The second kappa shape index (κ2) is 7.59. The number of amides is 2. The van der Waals surface area contributed by atoms with Crippen LogP contribution in [0.5, 0.6) is 0 Å². The monoisotopic (exact) mass is 364 g/mol. The molecule has 1 aromatic carbocycles. The van der Waals surface area contributed by atoms with E-state index in [4.69, 9.17) is 0 Å². The number of anilines is 2. The number of hydrogen-bond donors (Lipinski definition) is 1. The van der Waals surface area contributed by atoms with Gasteiger partial charge in [-0.15, -0.1) is 0 Å². The van der Waals surface area contributed by atoms with Crippen molar-refractivity contribution in [2.75, 3.05) is 22.9 Å². The van der Waals surface area contributed by atoms with Gasteiger partial charge in [-0.2, -0.15) is 0 Å².